The lowest BCUT2D eigenvalue weighted by atomic mass is 9.96. The topological polar surface area (TPSA) is 66.5 Å². The summed E-state index contributed by atoms with van der Waals surface area (Å²) >= 11 is 0. The SMILES string of the molecule is CCCC[C@@H](O)[C@@H](N)c1ccc2cc(O)ccc2c1.Cl. The third-order valence-electron chi connectivity index (χ3n) is 3.50. The first-order valence-corrected chi connectivity index (χ1v) is 6.78. The third-order valence-corrected chi connectivity index (χ3v) is 3.50. The van der Waals surface area contributed by atoms with Crippen molar-refractivity contribution in [3.8, 4) is 5.75 Å². The van der Waals surface area contributed by atoms with Gasteiger partial charge in [-0.25, -0.2) is 0 Å². The van der Waals surface area contributed by atoms with Gasteiger partial charge in [0.25, 0.3) is 0 Å². The number of aliphatic hydroxyl groups excluding tert-OH is 1. The third kappa shape index (κ3) is 3.85. The highest BCUT2D eigenvalue weighted by molar-refractivity contribution is 5.85. The van der Waals surface area contributed by atoms with Crippen LogP contribution in [0.1, 0.15) is 37.8 Å². The van der Waals surface area contributed by atoms with Gasteiger partial charge in [-0.1, -0.05) is 38.0 Å². The maximum atomic E-state index is 10.1. The zero-order valence-corrected chi connectivity index (χ0v) is 12.4. The Kier molecular flexibility index (Phi) is 6.27. The molecule has 0 heterocycles. The van der Waals surface area contributed by atoms with Crippen molar-refractivity contribution in [2.45, 2.75) is 38.3 Å². The van der Waals surface area contributed by atoms with Gasteiger partial charge in [0.15, 0.2) is 0 Å². The van der Waals surface area contributed by atoms with Crippen LogP contribution in [0.15, 0.2) is 36.4 Å². The van der Waals surface area contributed by atoms with E-state index in [4.69, 9.17) is 5.73 Å². The van der Waals surface area contributed by atoms with Crippen LogP contribution in [0.3, 0.4) is 0 Å². The number of nitrogens with two attached hydrogens (primary N) is 1. The van der Waals surface area contributed by atoms with Crippen LogP contribution in [0.5, 0.6) is 5.75 Å². The number of rotatable bonds is 5. The molecule has 0 saturated heterocycles. The van der Waals surface area contributed by atoms with Crippen LogP contribution >= 0.6 is 12.4 Å². The number of phenols is 1. The van der Waals surface area contributed by atoms with Gasteiger partial charge in [-0.3, -0.25) is 0 Å². The fourth-order valence-electron chi connectivity index (χ4n) is 2.27. The van der Waals surface area contributed by atoms with E-state index in [9.17, 15) is 10.2 Å². The highest BCUT2D eigenvalue weighted by Gasteiger charge is 2.16. The molecule has 2 atom stereocenters. The summed E-state index contributed by atoms with van der Waals surface area (Å²) in [5.74, 6) is 0.257. The highest BCUT2D eigenvalue weighted by atomic mass is 35.5. The summed E-state index contributed by atoms with van der Waals surface area (Å²) in [4.78, 5) is 0. The first kappa shape index (κ1) is 16.8. The fraction of sp³-hybridized carbons (Fsp3) is 0.375. The van der Waals surface area contributed by atoms with Crippen LogP contribution in [0.25, 0.3) is 10.8 Å². The van der Waals surface area contributed by atoms with Crippen LogP contribution in [0, 0.1) is 0 Å². The molecule has 4 heteroatoms. The lowest BCUT2D eigenvalue weighted by molar-refractivity contribution is 0.132. The molecule has 0 radical (unpaired) electrons. The van der Waals surface area contributed by atoms with Crippen molar-refractivity contribution in [1.82, 2.24) is 0 Å². The fourth-order valence-corrected chi connectivity index (χ4v) is 2.27. The summed E-state index contributed by atoms with van der Waals surface area (Å²) < 4.78 is 0. The van der Waals surface area contributed by atoms with Crippen LogP contribution in [0.4, 0.5) is 0 Å². The standard InChI is InChI=1S/C16H21NO2.ClH/c1-2-3-4-15(19)16(17)13-6-5-12-10-14(18)8-7-11(12)9-13;/h5-10,15-16,18-19H,2-4,17H2,1H3;1H/t15-,16+;/m1./s1. The van der Waals surface area contributed by atoms with Crippen molar-refractivity contribution >= 4 is 23.2 Å². The van der Waals surface area contributed by atoms with E-state index < -0.39 is 6.10 Å². The highest BCUT2D eigenvalue weighted by Crippen LogP contribution is 2.25. The van der Waals surface area contributed by atoms with E-state index in [1.54, 1.807) is 12.1 Å². The first-order chi connectivity index (χ1) is 9.11. The van der Waals surface area contributed by atoms with Gasteiger partial charge >= 0.3 is 0 Å². The molecule has 0 spiro atoms. The Labute approximate surface area is 125 Å². The molecule has 0 fully saturated rings. The molecule has 0 aliphatic heterocycles. The van der Waals surface area contributed by atoms with Crippen molar-refractivity contribution < 1.29 is 10.2 Å². The van der Waals surface area contributed by atoms with Crippen LogP contribution < -0.4 is 5.73 Å². The van der Waals surface area contributed by atoms with Crippen LogP contribution in [-0.4, -0.2) is 16.3 Å². The molecular formula is C16H22ClNO2. The lowest BCUT2D eigenvalue weighted by Crippen LogP contribution is -2.26. The number of aromatic hydroxyl groups is 1. The second kappa shape index (κ2) is 7.48. The molecule has 2 aromatic rings. The Morgan fingerprint density at radius 1 is 1.10 bits per heavy atom. The monoisotopic (exact) mass is 295 g/mol. The van der Waals surface area contributed by atoms with E-state index >= 15 is 0 Å². The molecule has 0 aliphatic carbocycles. The van der Waals surface area contributed by atoms with Gasteiger partial charge in [0.05, 0.1) is 12.1 Å². The smallest absolute Gasteiger partial charge is 0.116 e. The number of halogens is 1. The summed E-state index contributed by atoms with van der Waals surface area (Å²) in [5, 5.41) is 21.5. The summed E-state index contributed by atoms with van der Waals surface area (Å²) in [6, 6.07) is 10.7. The first-order valence-electron chi connectivity index (χ1n) is 6.78. The van der Waals surface area contributed by atoms with Gasteiger partial charge in [-0.05, 0) is 41.0 Å². The predicted molar refractivity (Wildman–Crippen MR) is 85.3 cm³/mol. The summed E-state index contributed by atoms with van der Waals surface area (Å²) in [6.45, 7) is 2.10. The van der Waals surface area contributed by atoms with Crippen molar-refractivity contribution in [2.24, 2.45) is 5.73 Å². The molecule has 2 aromatic carbocycles. The van der Waals surface area contributed by atoms with Crippen LogP contribution in [-0.2, 0) is 0 Å². The second-order valence-electron chi connectivity index (χ2n) is 5.03. The maximum absolute atomic E-state index is 10.1. The number of unbranched alkanes of at least 4 members (excludes halogenated alkanes) is 1. The van der Waals surface area contributed by atoms with Crippen molar-refractivity contribution in [3.05, 3.63) is 42.0 Å². The Hall–Kier alpha value is -1.29. The van der Waals surface area contributed by atoms with Gasteiger partial charge in [-0.2, -0.15) is 0 Å². The normalized spacial score (nSPS) is 13.8. The van der Waals surface area contributed by atoms with Crippen molar-refractivity contribution in [3.63, 3.8) is 0 Å². The molecule has 2 rings (SSSR count). The number of aliphatic hydroxyl groups is 1. The van der Waals surface area contributed by atoms with E-state index in [1.165, 1.54) is 0 Å². The average molecular weight is 296 g/mol. The van der Waals surface area contributed by atoms with Gasteiger partial charge in [0.2, 0.25) is 0 Å². The van der Waals surface area contributed by atoms with Crippen LogP contribution in [0.2, 0.25) is 0 Å². The molecule has 3 nitrogen and oxygen atoms in total. The lowest BCUT2D eigenvalue weighted by Gasteiger charge is -2.19. The summed E-state index contributed by atoms with van der Waals surface area (Å²) in [6.07, 6.45) is 2.26. The Bertz CT molecular complexity index is 559. The van der Waals surface area contributed by atoms with E-state index in [-0.39, 0.29) is 24.2 Å². The quantitative estimate of drug-likeness (QED) is 0.790. The molecule has 110 valence electrons. The number of benzene rings is 2. The van der Waals surface area contributed by atoms with E-state index in [0.29, 0.717) is 0 Å². The van der Waals surface area contributed by atoms with Gasteiger partial charge in [-0.15, -0.1) is 12.4 Å². The molecular weight excluding hydrogens is 274 g/mol. The number of hydrogen-bond acceptors (Lipinski definition) is 3. The molecule has 0 bridgehead atoms. The zero-order valence-electron chi connectivity index (χ0n) is 11.6. The minimum Gasteiger partial charge on any atom is -0.508 e. The molecule has 0 unspecified atom stereocenters. The largest absolute Gasteiger partial charge is 0.508 e. The molecule has 0 aliphatic rings. The van der Waals surface area contributed by atoms with Gasteiger partial charge in [0.1, 0.15) is 5.75 Å². The van der Waals surface area contributed by atoms with E-state index in [0.717, 1.165) is 35.6 Å². The van der Waals surface area contributed by atoms with E-state index in [1.807, 2.05) is 24.3 Å². The van der Waals surface area contributed by atoms with Crippen molar-refractivity contribution in [1.29, 1.82) is 0 Å². The minimum atomic E-state index is -0.505. The van der Waals surface area contributed by atoms with Crippen molar-refractivity contribution in [2.75, 3.05) is 0 Å². The predicted octanol–water partition coefficient (Wildman–Crippen LogP) is 3.52. The van der Waals surface area contributed by atoms with Gasteiger partial charge < -0.3 is 15.9 Å². The van der Waals surface area contributed by atoms with Gasteiger partial charge in [0, 0.05) is 0 Å². The molecule has 0 aromatic heterocycles. The molecule has 4 N–H and O–H groups in total. The molecule has 0 saturated carbocycles. The zero-order chi connectivity index (χ0) is 13.8. The Morgan fingerprint density at radius 2 is 1.75 bits per heavy atom. The Morgan fingerprint density at radius 3 is 2.45 bits per heavy atom. The van der Waals surface area contributed by atoms with E-state index in [2.05, 4.69) is 6.92 Å². The summed E-state index contributed by atoms with van der Waals surface area (Å²) in [7, 11) is 0. The summed E-state index contributed by atoms with van der Waals surface area (Å²) in [5.41, 5.74) is 7.03. The molecule has 20 heavy (non-hydrogen) atoms. The number of phenolic OH excluding ortho intramolecular Hbond substituents is 1. The second-order valence-corrected chi connectivity index (χ2v) is 5.03. The number of fused-ring (bicyclic) bond motifs is 1. The maximum Gasteiger partial charge on any atom is 0.116 e. The number of hydrogen-bond donors (Lipinski definition) is 3. The Balaban J connectivity index is 0.00000200. The average Bonchev–Trinajstić information content (AvgIpc) is 2.43. The molecule has 0 amide bonds. The minimum absolute atomic E-state index is 0.